The van der Waals surface area contributed by atoms with Crippen molar-refractivity contribution < 1.29 is 0 Å². The van der Waals surface area contributed by atoms with Gasteiger partial charge in [0.05, 0.1) is 17.5 Å². The van der Waals surface area contributed by atoms with E-state index in [1.54, 1.807) is 5.51 Å². The van der Waals surface area contributed by atoms with Crippen molar-refractivity contribution in [3.05, 3.63) is 17.4 Å². The minimum Gasteiger partial charge on any atom is -0.271 e. The van der Waals surface area contributed by atoms with E-state index in [2.05, 4.69) is 35.2 Å². The van der Waals surface area contributed by atoms with Crippen molar-refractivity contribution in [2.45, 2.75) is 26.2 Å². The lowest BCUT2D eigenvalue weighted by Gasteiger charge is -2.20. The van der Waals surface area contributed by atoms with Gasteiger partial charge in [0.15, 0.2) is 5.82 Å². The van der Waals surface area contributed by atoms with Crippen LogP contribution in [0.15, 0.2) is 11.7 Å². The van der Waals surface area contributed by atoms with Gasteiger partial charge in [0.2, 0.25) is 0 Å². The van der Waals surface area contributed by atoms with Crippen LogP contribution in [-0.4, -0.2) is 19.1 Å². The van der Waals surface area contributed by atoms with Crippen LogP contribution in [-0.2, 0) is 12.5 Å². The van der Waals surface area contributed by atoms with Crippen LogP contribution in [0.5, 0.6) is 0 Å². The van der Waals surface area contributed by atoms with Gasteiger partial charge in [-0.1, -0.05) is 20.8 Å². The second-order valence-corrected chi connectivity index (χ2v) is 5.14. The van der Waals surface area contributed by atoms with Crippen molar-refractivity contribution in [1.29, 1.82) is 0 Å². The van der Waals surface area contributed by atoms with E-state index in [9.17, 15) is 0 Å². The average molecular weight is 222 g/mol. The third-order valence-corrected chi connectivity index (χ3v) is 2.73. The Bertz CT molecular complexity index is 450. The van der Waals surface area contributed by atoms with E-state index < -0.39 is 0 Å². The average Bonchev–Trinajstić information content (AvgIpc) is 2.68. The lowest BCUT2D eigenvalue weighted by atomic mass is 9.89. The zero-order valence-corrected chi connectivity index (χ0v) is 10.2. The fourth-order valence-electron chi connectivity index (χ4n) is 1.78. The second-order valence-electron chi connectivity index (χ2n) is 4.54. The number of hydrogen-bond donors (Lipinski definition) is 0. The molecule has 0 atom stereocenters. The van der Waals surface area contributed by atoms with Gasteiger partial charge in [-0.25, -0.2) is 4.98 Å². The monoisotopic (exact) mass is 222 g/mol. The van der Waals surface area contributed by atoms with Crippen molar-refractivity contribution in [2.24, 2.45) is 7.05 Å². The lowest BCUT2D eigenvalue weighted by molar-refractivity contribution is 0.524. The topological polar surface area (TPSA) is 43.6 Å². The Morgan fingerprint density at radius 2 is 2.07 bits per heavy atom. The predicted molar refractivity (Wildman–Crippen MR) is 60.8 cm³/mol. The summed E-state index contributed by atoms with van der Waals surface area (Å²) >= 11 is 1.36. The van der Waals surface area contributed by atoms with Crippen molar-refractivity contribution in [3.63, 3.8) is 0 Å². The van der Waals surface area contributed by atoms with Crippen molar-refractivity contribution >= 4 is 11.5 Å². The molecule has 2 aromatic heterocycles. The number of nitrogens with zero attached hydrogens (tertiary/aromatic N) is 4. The Hall–Kier alpha value is -1.23. The van der Waals surface area contributed by atoms with Gasteiger partial charge < -0.3 is 0 Å². The molecule has 0 N–H and O–H groups in total. The zero-order chi connectivity index (χ0) is 11.1. The Kier molecular flexibility index (Phi) is 2.34. The van der Waals surface area contributed by atoms with Crippen molar-refractivity contribution in [2.75, 3.05) is 0 Å². The maximum absolute atomic E-state index is 4.28. The minimum absolute atomic E-state index is 0.0475. The van der Waals surface area contributed by atoms with E-state index in [0.717, 1.165) is 11.4 Å². The van der Waals surface area contributed by atoms with E-state index in [1.165, 1.54) is 17.2 Å². The van der Waals surface area contributed by atoms with Gasteiger partial charge in [0.25, 0.3) is 0 Å². The second kappa shape index (κ2) is 3.41. The summed E-state index contributed by atoms with van der Waals surface area (Å²) in [5.41, 5.74) is 3.99. The maximum atomic E-state index is 4.28. The van der Waals surface area contributed by atoms with Crippen LogP contribution in [0.3, 0.4) is 0 Å². The van der Waals surface area contributed by atoms with E-state index >= 15 is 0 Å². The van der Waals surface area contributed by atoms with Crippen molar-refractivity contribution in [3.8, 4) is 11.4 Å². The molecule has 2 rings (SSSR count). The first-order valence-electron chi connectivity index (χ1n) is 4.79. The molecule has 4 nitrogen and oxygen atoms in total. The molecule has 0 aliphatic carbocycles. The summed E-state index contributed by atoms with van der Waals surface area (Å²) in [6.45, 7) is 6.50. The maximum Gasteiger partial charge on any atom is 0.176 e. The summed E-state index contributed by atoms with van der Waals surface area (Å²) in [6, 6.07) is 0. The van der Waals surface area contributed by atoms with Gasteiger partial charge in [-0.15, -0.1) is 0 Å². The molecular formula is C10H14N4S. The smallest absolute Gasteiger partial charge is 0.176 e. The fourth-order valence-corrected chi connectivity index (χ4v) is 2.22. The molecule has 15 heavy (non-hydrogen) atoms. The van der Waals surface area contributed by atoms with Crippen LogP contribution in [0.25, 0.3) is 11.4 Å². The third kappa shape index (κ3) is 1.79. The Morgan fingerprint density at radius 1 is 1.33 bits per heavy atom. The highest BCUT2D eigenvalue weighted by molar-refractivity contribution is 7.03. The zero-order valence-electron chi connectivity index (χ0n) is 9.35. The van der Waals surface area contributed by atoms with E-state index in [1.807, 2.05) is 17.9 Å². The van der Waals surface area contributed by atoms with Crippen LogP contribution in [0.1, 0.15) is 26.5 Å². The highest BCUT2D eigenvalue weighted by Crippen LogP contribution is 2.30. The summed E-state index contributed by atoms with van der Waals surface area (Å²) in [4.78, 5) is 4.23. The molecule has 2 heterocycles. The first-order valence-corrected chi connectivity index (χ1v) is 5.63. The molecule has 80 valence electrons. The Labute approximate surface area is 93.1 Å². The standard InChI is InChI=1S/C10H14N4S/c1-10(2,3)8-7(5-12-14(8)4)9-11-6-15-13-9/h5-6H,1-4H3. The summed E-state index contributed by atoms with van der Waals surface area (Å²) in [5.74, 6) is 0.776. The van der Waals surface area contributed by atoms with Crippen LogP contribution in [0.4, 0.5) is 0 Å². The van der Waals surface area contributed by atoms with Gasteiger partial charge in [0, 0.05) is 12.5 Å². The van der Waals surface area contributed by atoms with E-state index in [0.29, 0.717) is 0 Å². The van der Waals surface area contributed by atoms with Gasteiger partial charge >= 0.3 is 0 Å². The first kappa shape index (κ1) is 10.3. The molecule has 0 aliphatic heterocycles. The van der Waals surface area contributed by atoms with Gasteiger partial charge in [-0.2, -0.15) is 9.47 Å². The molecule has 2 aromatic rings. The SMILES string of the molecule is Cn1ncc(-c2ncsn2)c1C(C)(C)C. The normalized spacial score (nSPS) is 12.0. The lowest BCUT2D eigenvalue weighted by Crippen LogP contribution is -2.17. The van der Waals surface area contributed by atoms with E-state index in [4.69, 9.17) is 0 Å². The Balaban J connectivity index is 2.59. The third-order valence-electron chi connectivity index (χ3n) is 2.25. The van der Waals surface area contributed by atoms with Gasteiger partial charge in [0.1, 0.15) is 5.51 Å². The molecule has 0 saturated heterocycles. The largest absolute Gasteiger partial charge is 0.271 e. The quantitative estimate of drug-likeness (QED) is 0.743. The van der Waals surface area contributed by atoms with E-state index in [-0.39, 0.29) is 5.41 Å². The summed E-state index contributed by atoms with van der Waals surface area (Å²) < 4.78 is 6.15. The first-order chi connectivity index (χ1) is 7.00. The highest BCUT2D eigenvalue weighted by atomic mass is 32.1. The Morgan fingerprint density at radius 3 is 2.60 bits per heavy atom. The molecule has 0 spiro atoms. The molecule has 0 saturated carbocycles. The summed E-state index contributed by atoms with van der Waals surface area (Å²) in [5, 5.41) is 4.28. The molecular weight excluding hydrogens is 208 g/mol. The highest BCUT2D eigenvalue weighted by Gasteiger charge is 2.24. The molecule has 5 heteroatoms. The van der Waals surface area contributed by atoms with Crippen molar-refractivity contribution in [1.82, 2.24) is 19.1 Å². The van der Waals surface area contributed by atoms with Crippen LogP contribution < -0.4 is 0 Å². The number of rotatable bonds is 1. The fraction of sp³-hybridized carbons (Fsp3) is 0.500. The van der Waals surface area contributed by atoms with Gasteiger partial charge in [-0.05, 0) is 11.5 Å². The minimum atomic E-state index is 0.0475. The molecule has 0 amide bonds. The molecule has 0 aromatic carbocycles. The molecule has 0 bridgehead atoms. The van der Waals surface area contributed by atoms with Crippen LogP contribution in [0, 0.1) is 0 Å². The predicted octanol–water partition coefficient (Wildman–Crippen LogP) is 2.24. The number of hydrogen-bond acceptors (Lipinski definition) is 4. The molecule has 0 fully saturated rings. The van der Waals surface area contributed by atoms with Crippen LogP contribution >= 0.6 is 11.5 Å². The summed E-state index contributed by atoms with van der Waals surface area (Å²) in [6.07, 6.45) is 1.84. The molecule has 0 aliphatic rings. The number of aromatic nitrogens is 4. The van der Waals surface area contributed by atoms with Crippen LogP contribution in [0.2, 0.25) is 0 Å². The van der Waals surface area contributed by atoms with Gasteiger partial charge in [-0.3, -0.25) is 4.68 Å². The number of aryl methyl sites for hydroxylation is 1. The molecule has 0 unspecified atom stereocenters. The summed E-state index contributed by atoms with van der Waals surface area (Å²) in [7, 11) is 1.95. The molecule has 0 radical (unpaired) electrons.